The Morgan fingerprint density at radius 3 is 2.94 bits per heavy atom. The van der Waals surface area contributed by atoms with Gasteiger partial charge in [0.15, 0.2) is 11.5 Å². The minimum absolute atomic E-state index is 0.306. The molecule has 1 N–H and O–H groups in total. The first kappa shape index (κ1) is 10.9. The van der Waals surface area contributed by atoms with Gasteiger partial charge in [0.25, 0.3) is 0 Å². The first-order chi connectivity index (χ1) is 8.81. The molecule has 0 spiro atoms. The zero-order chi connectivity index (χ0) is 12.4. The molecule has 0 aliphatic carbocycles. The van der Waals surface area contributed by atoms with Gasteiger partial charge >= 0.3 is 0 Å². The first-order valence-electron chi connectivity index (χ1n) is 5.85. The molecule has 2 aromatic rings. The molecule has 0 saturated heterocycles. The van der Waals surface area contributed by atoms with Crippen molar-refractivity contribution in [2.24, 2.45) is 0 Å². The van der Waals surface area contributed by atoms with Gasteiger partial charge in [0.1, 0.15) is 0 Å². The molecule has 1 aliphatic rings. The number of aromatic nitrogens is 1. The lowest BCUT2D eigenvalue weighted by atomic mass is 10.2. The van der Waals surface area contributed by atoms with Crippen LogP contribution in [-0.2, 0) is 6.54 Å². The van der Waals surface area contributed by atoms with Crippen LogP contribution in [0.3, 0.4) is 0 Å². The predicted molar refractivity (Wildman–Crippen MR) is 68.9 cm³/mol. The maximum absolute atomic E-state index is 5.34. The maximum Gasteiger partial charge on any atom is 0.231 e. The summed E-state index contributed by atoms with van der Waals surface area (Å²) in [4.78, 5) is 4.17. The Hall–Kier alpha value is -2.23. The molecule has 0 bridgehead atoms. The fraction of sp³-hybridized carbons (Fsp3) is 0.214. The van der Waals surface area contributed by atoms with Crippen LogP contribution in [0.5, 0.6) is 11.5 Å². The lowest BCUT2D eigenvalue weighted by Crippen LogP contribution is -2.00. The van der Waals surface area contributed by atoms with E-state index in [-0.39, 0.29) is 0 Å². The highest BCUT2D eigenvalue weighted by molar-refractivity contribution is 5.55. The van der Waals surface area contributed by atoms with Gasteiger partial charge in [-0.2, -0.15) is 0 Å². The van der Waals surface area contributed by atoms with Gasteiger partial charge in [-0.1, -0.05) is 6.07 Å². The molecule has 0 unspecified atom stereocenters. The molecule has 4 nitrogen and oxygen atoms in total. The van der Waals surface area contributed by atoms with Crippen LogP contribution in [0, 0.1) is 6.92 Å². The van der Waals surface area contributed by atoms with Gasteiger partial charge in [-0.15, -0.1) is 0 Å². The normalized spacial score (nSPS) is 12.5. The molecular formula is C14H14N2O2. The van der Waals surface area contributed by atoms with Crippen LogP contribution in [0.2, 0.25) is 0 Å². The summed E-state index contributed by atoms with van der Waals surface area (Å²) in [5, 5.41) is 3.34. The van der Waals surface area contributed by atoms with Gasteiger partial charge in [0, 0.05) is 30.7 Å². The summed E-state index contributed by atoms with van der Waals surface area (Å²) < 4.78 is 10.6. The van der Waals surface area contributed by atoms with Gasteiger partial charge in [-0.25, -0.2) is 0 Å². The zero-order valence-electron chi connectivity index (χ0n) is 10.1. The molecule has 0 saturated carbocycles. The summed E-state index contributed by atoms with van der Waals surface area (Å²) in [6.45, 7) is 3.09. The van der Waals surface area contributed by atoms with Crippen molar-refractivity contribution in [3.05, 3.63) is 47.8 Å². The van der Waals surface area contributed by atoms with E-state index in [1.165, 1.54) is 5.56 Å². The molecule has 0 atom stereocenters. The van der Waals surface area contributed by atoms with Crippen LogP contribution in [0.1, 0.15) is 11.1 Å². The average Bonchev–Trinajstić information content (AvgIpc) is 2.84. The Balaban J connectivity index is 1.70. The molecule has 0 fully saturated rings. The molecule has 92 valence electrons. The smallest absolute Gasteiger partial charge is 0.231 e. The molecule has 2 heterocycles. The van der Waals surface area contributed by atoms with Crippen LogP contribution in [0.25, 0.3) is 0 Å². The Bertz CT molecular complexity index is 569. The molecule has 1 aliphatic heterocycles. The van der Waals surface area contributed by atoms with Crippen molar-refractivity contribution in [1.29, 1.82) is 0 Å². The Kier molecular flexibility index (Phi) is 2.76. The van der Waals surface area contributed by atoms with Gasteiger partial charge < -0.3 is 14.8 Å². The van der Waals surface area contributed by atoms with Crippen molar-refractivity contribution in [2.45, 2.75) is 13.5 Å². The first-order valence-corrected chi connectivity index (χ1v) is 5.85. The quantitative estimate of drug-likeness (QED) is 0.898. The minimum Gasteiger partial charge on any atom is -0.454 e. The SMILES string of the molecule is Cc1cncc(CNc2ccc3c(c2)OCO3)c1. The Morgan fingerprint density at radius 1 is 1.17 bits per heavy atom. The van der Waals surface area contributed by atoms with Gasteiger partial charge in [0.2, 0.25) is 6.79 Å². The number of ether oxygens (including phenoxy) is 2. The van der Waals surface area contributed by atoms with Crippen LogP contribution < -0.4 is 14.8 Å². The number of rotatable bonds is 3. The topological polar surface area (TPSA) is 43.4 Å². The highest BCUT2D eigenvalue weighted by atomic mass is 16.7. The molecule has 1 aromatic heterocycles. The van der Waals surface area contributed by atoms with Gasteiger partial charge in [0.05, 0.1) is 0 Å². The molecule has 1 aromatic carbocycles. The van der Waals surface area contributed by atoms with Gasteiger partial charge in [-0.05, 0) is 30.2 Å². The number of hydrogen-bond acceptors (Lipinski definition) is 4. The van der Waals surface area contributed by atoms with Crippen molar-refractivity contribution >= 4 is 5.69 Å². The number of aryl methyl sites for hydroxylation is 1. The Morgan fingerprint density at radius 2 is 2.06 bits per heavy atom. The van der Waals surface area contributed by atoms with Crippen LogP contribution >= 0.6 is 0 Å². The summed E-state index contributed by atoms with van der Waals surface area (Å²) in [5.41, 5.74) is 3.34. The summed E-state index contributed by atoms with van der Waals surface area (Å²) >= 11 is 0. The van der Waals surface area contributed by atoms with Crippen molar-refractivity contribution < 1.29 is 9.47 Å². The second-order valence-electron chi connectivity index (χ2n) is 4.29. The number of anilines is 1. The summed E-state index contributed by atoms with van der Waals surface area (Å²) in [6, 6.07) is 7.97. The van der Waals surface area contributed by atoms with E-state index in [2.05, 4.69) is 16.4 Å². The van der Waals surface area contributed by atoms with Crippen molar-refractivity contribution in [3.8, 4) is 11.5 Å². The zero-order valence-corrected chi connectivity index (χ0v) is 10.1. The van der Waals surface area contributed by atoms with E-state index in [1.54, 1.807) is 0 Å². The minimum atomic E-state index is 0.306. The number of nitrogens with zero attached hydrogens (tertiary/aromatic N) is 1. The average molecular weight is 242 g/mol. The molecule has 18 heavy (non-hydrogen) atoms. The summed E-state index contributed by atoms with van der Waals surface area (Å²) in [7, 11) is 0. The summed E-state index contributed by atoms with van der Waals surface area (Å²) in [6.07, 6.45) is 3.72. The van der Waals surface area contributed by atoms with E-state index < -0.39 is 0 Å². The summed E-state index contributed by atoms with van der Waals surface area (Å²) in [5.74, 6) is 1.60. The predicted octanol–water partition coefficient (Wildman–Crippen LogP) is 2.73. The Labute approximate surface area is 106 Å². The van der Waals surface area contributed by atoms with E-state index in [9.17, 15) is 0 Å². The molecular weight excluding hydrogens is 228 g/mol. The van der Waals surface area contributed by atoms with Crippen molar-refractivity contribution in [3.63, 3.8) is 0 Å². The number of fused-ring (bicyclic) bond motifs is 1. The fourth-order valence-electron chi connectivity index (χ4n) is 1.92. The monoisotopic (exact) mass is 242 g/mol. The third-order valence-electron chi connectivity index (χ3n) is 2.80. The lowest BCUT2D eigenvalue weighted by Gasteiger charge is -2.07. The van der Waals surface area contributed by atoms with E-state index in [1.807, 2.05) is 37.5 Å². The number of pyridine rings is 1. The fourth-order valence-corrected chi connectivity index (χ4v) is 1.92. The third kappa shape index (κ3) is 2.22. The van der Waals surface area contributed by atoms with Crippen molar-refractivity contribution in [1.82, 2.24) is 4.98 Å². The van der Waals surface area contributed by atoms with E-state index in [0.29, 0.717) is 6.79 Å². The van der Waals surface area contributed by atoms with E-state index >= 15 is 0 Å². The number of nitrogens with one attached hydrogen (secondary N) is 1. The third-order valence-corrected chi connectivity index (χ3v) is 2.80. The van der Waals surface area contributed by atoms with E-state index in [0.717, 1.165) is 29.3 Å². The molecule has 3 rings (SSSR count). The number of benzene rings is 1. The maximum atomic E-state index is 5.34. The molecule has 4 heteroatoms. The molecule has 0 amide bonds. The highest BCUT2D eigenvalue weighted by Crippen LogP contribution is 2.34. The van der Waals surface area contributed by atoms with Crippen LogP contribution in [-0.4, -0.2) is 11.8 Å². The van der Waals surface area contributed by atoms with E-state index in [4.69, 9.17) is 9.47 Å². The molecule has 0 radical (unpaired) electrons. The second kappa shape index (κ2) is 4.56. The standard InChI is InChI=1S/C14H14N2O2/c1-10-4-11(7-15-6-10)8-16-12-2-3-13-14(5-12)18-9-17-13/h2-7,16H,8-9H2,1H3. The van der Waals surface area contributed by atoms with Crippen molar-refractivity contribution in [2.75, 3.05) is 12.1 Å². The largest absolute Gasteiger partial charge is 0.454 e. The number of hydrogen-bond donors (Lipinski definition) is 1. The van der Waals surface area contributed by atoms with Gasteiger partial charge in [-0.3, -0.25) is 4.98 Å². The second-order valence-corrected chi connectivity index (χ2v) is 4.29. The highest BCUT2D eigenvalue weighted by Gasteiger charge is 2.12. The van der Waals surface area contributed by atoms with Crippen LogP contribution in [0.4, 0.5) is 5.69 Å². The van der Waals surface area contributed by atoms with Crippen LogP contribution in [0.15, 0.2) is 36.7 Å². The lowest BCUT2D eigenvalue weighted by molar-refractivity contribution is 0.174.